The van der Waals surface area contributed by atoms with Crippen LogP contribution in [0.4, 0.5) is 0 Å². The van der Waals surface area contributed by atoms with Crippen molar-refractivity contribution < 1.29 is 9.53 Å². The van der Waals surface area contributed by atoms with Crippen molar-refractivity contribution in [1.29, 1.82) is 0 Å². The van der Waals surface area contributed by atoms with Crippen LogP contribution >= 0.6 is 23.1 Å². The van der Waals surface area contributed by atoms with Crippen molar-refractivity contribution in [2.75, 3.05) is 5.75 Å². The molecule has 0 aliphatic carbocycles. The second kappa shape index (κ2) is 7.99. The first-order valence-corrected chi connectivity index (χ1v) is 8.37. The van der Waals surface area contributed by atoms with Gasteiger partial charge in [0.05, 0.1) is 11.9 Å². The van der Waals surface area contributed by atoms with Gasteiger partial charge in [-0.15, -0.1) is 5.10 Å². The molecule has 5 nitrogen and oxygen atoms in total. The van der Waals surface area contributed by atoms with E-state index in [1.165, 1.54) is 23.1 Å². The third-order valence-corrected chi connectivity index (χ3v) is 4.33. The number of carbonyl (C=O) groups excluding carboxylic acids is 1. The zero-order valence-corrected chi connectivity index (χ0v) is 13.5. The van der Waals surface area contributed by atoms with E-state index in [1.807, 2.05) is 44.2 Å². The highest BCUT2D eigenvalue weighted by Gasteiger charge is 2.09. The van der Waals surface area contributed by atoms with Crippen molar-refractivity contribution in [1.82, 2.24) is 15.5 Å². The van der Waals surface area contributed by atoms with Crippen molar-refractivity contribution in [3.05, 3.63) is 35.9 Å². The van der Waals surface area contributed by atoms with Gasteiger partial charge in [0.1, 0.15) is 0 Å². The van der Waals surface area contributed by atoms with Gasteiger partial charge in [-0.25, -0.2) is 0 Å². The third-order valence-electron chi connectivity index (χ3n) is 2.38. The molecule has 1 amide bonds. The Morgan fingerprint density at radius 1 is 1.33 bits per heavy atom. The maximum Gasteiger partial charge on any atom is 0.295 e. The molecule has 21 heavy (non-hydrogen) atoms. The van der Waals surface area contributed by atoms with Gasteiger partial charge in [0, 0.05) is 6.54 Å². The molecule has 7 heteroatoms. The minimum atomic E-state index is -0.0228. The Labute approximate surface area is 132 Å². The molecule has 0 atom stereocenters. The molecular weight excluding hydrogens is 306 g/mol. The number of hydrogen-bond acceptors (Lipinski definition) is 6. The van der Waals surface area contributed by atoms with E-state index in [-0.39, 0.29) is 12.0 Å². The summed E-state index contributed by atoms with van der Waals surface area (Å²) in [6.07, 6.45) is 0.0740. The predicted molar refractivity (Wildman–Crippen MR) is 84.7 cm³/mol. The molecule has 2 rings (SSSR count). The topological polar surface area (TPSA) is 64.1 Å². The van der Waals surface area contributed by atoms with Gasteiger partial charge in [-0.2, -0.15) is 0 Å². The Morgan fingerprint density at radius 3 is 2.81 bits per heavy atom. The van der Waals surface area contributed by atoms with Crippen molar-refractivity contribution in [3.63, 3.8) is 0 Å². The third kappa shape index (κ3) is 5.73. The molecule has 1 aromatic heterocycles. The number of carbonyl (C=O) groups is 1. The van der Waals surface area contributed by atoms with Gasteiger partial charge in [0.2, 0.25) is 5.91 Å². The standard InChI is InChI=1S/C14H17N3O2S2/c1-10(2)19-13-16-17-14(21-13)20-9-12(18)15-8-11-6-4-3-5-7-11/h3-7,10H,8-9H2,1-2H3,(H,15,18). The summed E-state index contributed by atoms with van der Waals surface area (Å²) in [6, 6.07) is 9.82. The number of hydrogen-bond donors (Lipinski definition) is 1. The number of aromatic nitrogens is 2. The second-order valence-electron chi connectivity index (χ2n) is 4.55. The number of ether oxygens (including phenoxy) is 1. The number of amides is 1. The minimum Gasteiger partial charge on any atom is -0.466 e. The molecule has 0 aliphatic rings. The van der Waals surface area contributed by atoms with E-state index < -0.39 is 0 Å². The first-order valence-electron chi connectivity index (χ1n) is 6.57. The lowest BCUT2D eigenvalue weighted by atomic mass is 10.2. The van der Waals surface area contributed by atoms with Crippen LogP contribution in [0.15, 0.2) is 34.7 Å². The molecule has 0 unspecified atom stereocenters. The van der Waals surface area contributed by atoms with Crippen molar-refractivity contribution in [2.45, 2.75) is 30.8 Å². The van der Waals surface area contributed by atoms with Crippen molar-refractivity contribution in [3.8, 4) is 5.19 Å². The monoisotopic (exact) mass is 323 g/mol. The zero-order valence-electron chi connectivity index (χ0n) is 11.9. The van der Waals surface area contributed by atoms with Gasteiger partial charge in [-0.1, -0.05) is 47.2 Å². The molecule has 0 fully saturated rings. The lowest BCUT2D eigenvalue weighted by Gasteiger charge is -2.04. The van der Waals surface area contributed by atoms with Gasteiger partial charge in [0.15, 0.2) is 4.34 Å². The van der Waals surface area contributed by atoms with Crippen LogP contribution in [-0.2, 0) is 11.3 Å². The Kier molecular flexibility index (Phi) is 6.01. The quantitative estimate of drug-likeness (QED) is 0.794. The number of rotatable bonds is 7. The van der Waals surface area contributed by atoms with Crippen LogP contribution in [-0.4, -0.2) is 28.0 Å². The SMILES string of the molecule is CC(C)Oc1nnc(SCC(=O)NCc2ccccc2)s1. The molecular formula is C14H17N3O2S2. The predicted octanol–water partition coefficient (Wildman–Crippen LogP) is 2.73. The van der Waals surface area contributed by atoms with Gasteiger partial charge in [0.25, 0.3) is 5.19 Å². The highest BCUT2D eigenvalue weighted by Crippen LogP contribution is 2.27. The summed E-state index contributed by atoms with van der Waals surface area (Å²) < 4.78 is 6.17. The molecule has 1 heterocycles. The van der Waals surface area contributed by atoms with Gasteiger partial charge in [-0.3, -0.25) is 4.79 Å². The van der Waals surface area contributed by atoms with Crippen molar-refractivity contribution in [2.24, 2.45) is 0 Å². The second-order valence-corrected chi connectivity index (χ2v) is 6.71. The maximum atomic E-state index is 11.8. The maximum absolute atomic E-state index is 11.8. The molecule has 1 N–H and O–H groups in total. The molecule has 1 aromatic carbocycles. The van der Waals surface area contributed by atoms with E-state index in [4.69, 9.17) is 4.74 Å². The average Bonchev–Trinajstić information content (AvgIpc) is 2.91. The van der Waals surface area contributed by atoms with Crippen LogP contribution in [0.2, 0.25) is 0 Å². The summed E-state index contributed by atoms with van der Waals surface area (Å²) in [4.78, 5) is 11.8. The highest BCUT2D eigenvalue weighted by atomic mass is 32.2. The summed E-state index contributed by atoms with van der Waals surface area (Å²) in [5.41, 5.74) is 1.08. The molecule has 0 radical (unpaired) electrons. The Hall–Kier alpha value is -1.60. The Morgan fingerprint density at radius 2 is 2.10 bits per heavy atom. The highest BCUT2D eigenvalue weighted by molar-refractivity contribution is 8.01. The smallest absolute Gasteiger partial charge is 0.295 e. The minimum absolute atomic E-state index is 0.0228. The Bertz CT molecular complexity index is 573. The number of nitrogens with one attached hydrogen (secondary N) is 1. The summed E-state index contributed by atoms with van der Waals surface area (Å²) in [5.74, 6) is 0.300. The summed E-state index contributed by atoms with van der Waals surface area (Å²) >= 11 is 2.72. The molecule has 0 spiro atoms. The summed E-state index contributed by atoms with van der Waals surface area (Å²) in [7, 11) is 0. The molecule has 0 bridgehead atoms. The van der Waals surface area contributed by atoms with Crippen LogP contribution < -0.4 is 10.1 Å². The average molecular weight is 323 g/mol. The van der Waals surface area contributed by atoms with Crippen LogP contribution in [0.3, 0.4) is 0 Å². The zero-order chi connectivity index (χ0) is 15.1. The lowest BCUT2D eigenvalue weighted by molar-refractivity contribution is -0.118. The molecule has 2 aromatic rings. The first-order chi connectivity index (χ1) is 10.1. The fraction of sp³-hybridized carbons (Fsp3) is 0.357. The van der Waals surface area contributed by atoms with E-state index in [0.29, 0.717) is 17.5 Å². The largest absolute Gasteiger partial charge is 0.466 e. The van der Waals surface area contributed by atoms with E-state index in [2.05, 4.69) is 15.5 Å². The van der Waals surface area contributed by atoms with Crippen LogP contribution in [0, 0.1) is 0 Å². The normalized spacial score (nSPS) is 10.6. The first kappa shape index (κ1) is 15.8. The van der Waals surface area contributed by atoms with Crippen LogP contribution in [0.1, 0.15) is 19.4 Å². The summed E-state index contributed by atoms with van der Waals surface area (Å²) in [5, 5.41) is 11.3. The van der Waals surface area contributed by atoms with E-state index in [0.717, 1.165) is 9.90 Å². The molecule has 0 saturated heterocycles. The van der Waals surface area contributed by atoms with Crippen molar-refractivity contribution >= 4 is 29.0 Å². The van der Waals surface area contributed by atoms with E-state index in [9.17, 15) is 4.79 Å². The fourth-order valence-electron chi connectivity index (χ4n) is 1.48. The van der Waals surface area contributed by atoms with Gasteiger partial charge < -0.3 is 10.1 Å². The van der Waals surface area contributed by atoms with E-state index >= 15 is 0 Å². The number of thioether (sulfide) groups is 1. The lowest BCUT2D eigenvalue weighted by Crippen LogP contribution is -2.24. The van der Waals surface area contributed by atoms with E-state index in [1.54, 1.807) is 0 Å². The number of benzene rings is 1. The Balaban J connectivity index is 1.72. The number of nitrogens with zero attached hydrogens (tertiary/aromatic N) is 2. The van der Waals surface area contributed by atoms with Gasteiger partial charge in [-0.05, 0) is 30.7 Å². The van der Waals surface area contributed by atoms with Crippen LogP contribution in [0.25, 0.3) is 0 Å². The summed E-state index contributed by atoms with van der Waals surface area (Å²) in [6.45, 7) is 4.41. The fourth-order valence-corrected chi connectivity index (χ4v) is 3.11. The van der Waals surface area contributed by atoms with Crippen LogP contribution in [0.5, 0.6) is 5.19 Å². The molecule has 112 valence electrons. The van der Waals surface area contributed by atoms with Gasteiger partial charge >= 0.3 is 0 Å². The molecule has 0 saturated carbocycles. The molecule has 0 aliphatic heterocycles.